The van der Waals surface area contributed by atoms with Crippen LogP contribution in [-0.4, -0.2) is 19.4 Å². The van der Waals surface area contributed by atoms with Crippen LogP contribution >= 0.6 is 0 Å². The van der Waals surface area contributed by atoms with Crippen LogP contribution in [0.2, 0.25) is 0 Å². The molecule has 0 spiro atoms. The Labute approximate surface area is 241 Å². The summed E-state index contributed by atoms with van der Waals surface area (Å²) in [7, 11) is 1.31. The van der Waals surface area contributed by atoms with Crippen molar-refractivity contribution in [1.29, 1.82) is 0 Å². The van der Waals surface area contributed by atoms with Crippen molar-refractivity contribution in [2.45, 2.75) is 45.4 Å². The number of benzene rings is 2. The molecular formula is C35H36F2N2O2. The van der Waals surface area contributed by atoms with Gasteiger partial charge in [0.15, 0.2) is 17.3 Å². The molecule has 0 saturated heterocycles. The lowest BCUT2D eigenvalue weighted by Gasteiger charge is -2.21. The number of unbranched alkanes of at least 4 members (excludes halogenated alkanes) is 1. The fourth-order valence-corrected chi connectivity index (χ4v) is 4.96. The van der Waals surface area contributed by atoms with Gasteiger partial charge < -0.3 is 15.8 Å². The van der Waals surface area contributed by atoms with Gasteiger partial charge in [0.1, 0.15) is 0 Å². The molecule has 0 bridgehead atoms. The molecule has 0 aliphatic heterocycles. The van der Waals surface area contributed by atoms with E-state index < -0.39 is 11.6 Å². The highest BCUT2D eigenvalue weighted by molar-refractivity contribution is 5.98. The standard InChI is InChI=1S/C35H36F2N2O2/c1-3-24-23-25(18-19-26(24)32(40)17-10-6-7-11-22-38)39-31-16-9-5-4-8-13-27-28(14-12-15-29(27)31)30-20-21-33(41-2)35(37)34(30)36/h4,7-8,11-14,16,18-21,23,39H,3,5-6,9-10,17,22,38H2,1-2H3/b8-4-,11-7+,27-13-,31-16+. The van der Waals surface area contributed by atoms with E-state index in [-0.39, 0.29) is 17.1 Å². The van der Waals surface area contributed by atoms with Gasteiger partial charge in [-0.25, -0.2) is 4.39 Å². The van der Waals surface area contributed by atoms with Crippen LogP contribution in [0, 0.1) is 11.6 Å². The van der Waals surface area contributed by atoms with E-state index in [0.29, 0.717) is 18.5 Å². The summed E-state index contributed by atoms with van der Waals surface area (Å²) in [4.78, 5) is 12.9. The quantitative estimate of drug-likeness (QED) is 0.127. The predicted molar refractivity (Wildman–Crippen MR) is 163 cm³/mol. The van der Waals surface area contributed by atoms with Gasteiger partial charge in [0.2, 0.25) is 5.82 Å². The van der Waals surface area contributed by atoms with E-state index in [9.17, 15) is 9.18 Å². The van der Waals surface area contributed by atoms with Gasteiger partial charge in [-0.3, -0.25) is 4.79 Å². The molecule has 6 heteroatoms. The smallest absolute Gasteiger partial charge is 0.201 e. The molecule has 0 fully saturated rings. The molecule has 0 amide bonds. The minimum Gasteiger partial charge on any atom is -0.494 e. The lowest BCUT2D eigenvalue weighted by molar-refractivity contribution is 0.0979. The number of aryl methyl sites for hydroxylation is 1. The van der Waals surface area contributed by atoms with E-state index in [0.717, 1.165) is 65.8 Å². The van der Waals surface area contributed by atoms with Crippen LogP contribution in [0.5, 0.6) is 5.75 Å². The molecule has 2 aromatic rings. The second-order valence-electron chi connectivity index (χ2n) is 9.79. The summed E-state index contributed by atoms with van der Waals surface area (Å²) in [5, 5.41) is 3.52. The maximum Gasteiger partial charge on any atom is 0.201 e. The third kappa shape index (κ3) is 7.10. The van der Waals surface area contributed by atoms with Crippen LogP contribution in [0.15, 0.2) is 102 Å². The van der Waals surface area contributed by atoms with Crippen molar-refractivity contribution in [3.8, 4) is 5.75 Å². The van der Waals surface area contributed by atoms with Gasteiger partial charge in [-0.05, 0) is 91.3 Å². The third-order valence-corrected chi connectivity index (χ3v) is 7.09. The maximum atomic E-state index is 15.2. The van der Waals surface area contributed by atoms with Gasteiger partial charge in [0, 0.05) is 35.4 Å². The molecule has 2 aromatic carbocycles. The van der Waals surface area contributed by atoms with Crippen molar-refractivity contribution in [3.05, 3.63) is 130 Å². The number of hydrogen-bond donors (Lipinski definition) is 2. The van der Waals surface area contributed by atoms with Gasteiger partial charge in [-0.15, -0.1) is 5.73 Å². The van der Waals surface area contributed by atoms with Crippen molar-refractivity contribution in [1.82, 2.24) is 0 Å². The SMILES string of the molecule is CCc1cc(N/C2=C/CC/C=C\C=C3/C2=C=CC=C3c2ccc(OC)c(F)c2F)ccc1C(=O)CCC/C=C/CN. The number of rotatable bonds is 11. The Kier molecular flexibility index (Phi) is 10.4. The van der Waals surface area contributed by atoms with E-state index in [1.165, 1.54) is 19.2 Å². The zero-order valence-electron chi connectivity index (χ0n) is 23.6. The number of hydrogen-bond acceptors (Lipinski definition) is 4. The van der Waals surface area contributed by atoms with E-state index in [1.807, 2.05) is 55.5 Å². The number of fused-ring (bicyclic) bond motifs is 1. The summed E-state index contributed by atoms with van der Waals surface area (Å²) in [5.74, 6) is -1.99. The van der Waals surface area contributed by atoms with Crippen molar-refractivity contribution in [2.75, 3.05) is 19.0 Å². The number of nitrogens with one attached hydrogen (secondary N) is 1. The van der Waals surface area contributed by atoms with E-state index in [2.05, 4.69) is 17.1 Å². The molecule has 0 atom stereocenters. The normalized spacial score (nSPS) is 18.1. The molecular weight excluding hydrogens is 518 g/mol. The van der Waals surface area contributed by atoms with Crippen LogP contribution in [0.1, 0.15) is 60.5 Å². The fraction of sp³-hybridized carbons (Fsp3) is 0.257. The molecule has 0 saturated carbocycles. The van der Waals surface area contributed by atoms with Crippen molar-refractivity contribution < 1.29 is 18.3 Å². The zero-order chi connectivity index (χ0) is 29.2. The Balaban J connectivity index is 1.61. The number of methoxy groups -OCH3 is 1. The number of allylic oxidation sites excluding steroid dienone is 8. The first-order valence-corrected chi connectivity index (χ1v) is 14.0. The van der Waals surface area contributed by atoms with Crippen molar-refractivity contribution in [3.63, 3.8) is 0 Å². The molecule has 0 unspecified atom stereocenters. The molecule has 0 heterocycles. The minimum absolute atomic E-state index is 0.133. The topological polar surface area (TPSA) is 64.3 Å². The first-order chi connectivity index (χ1) is 20.0. The summed E-state index contributed by atoms with van der Waals surface area (Å²) in [6.07, 6.45) is 19.8. The van der Waals surface area contributed by atoms with Gasteiger partial charge in [0.05, 0.1) is 12.8 Å². The number of nitrogens with two attached hydrogens (primary N) is 1. The van der Waals surface area contributed by atoms with Gasteiger partial charge >= 0.3 is 0 Å². The molecule has 212 valence electrons. The largest absolute Gasteiger partial charge is 0.494 e. The van der Waals surface area contributed by atoms with Crippen LogP contribution in [0.4, 0.5) is 14.5 Å². The second-order valence-corrected chi connectivity index (χ2v) is 9.79. The third-order valence-electron chi connectivity index (χ3n) is 7.09. The second kappa shape index (κ2) is 14.4. The monoisotopic (exact) mass is 554 g/mol. The van der Waals surface area contributed by atoms with E-state index in [1.54, 1.807) is 12.2 Å². The van der Waals surface area contributed by atoms with Gasteiger partial charge in [-0.1, -0.05) is 43.4 Å². The number of ether oxygens (including phenoxy) is 1. The summed E-state index contributed by atoms with van der Waals surface area (Å²) in [6.45, 7) is 2.55. The first-order valence-electron chi connectivity index (χ1n) is 14.0. The lowest BCUT2D eigenvalue weighted by Crippen LogP contribution is -2.10. The van der Waals surface area contributed by atoms with Crippen LogP contribution in [0.3, 0.4) is 0 Å². The van der Waals surface area contributed by atoms with E-state index >= 15 is 4.39 Å². The molecule has 4 rings (SSSR count). The molecule has 41 heavy (non-hydrogen) atoms. The van der Waals surface area contributed by atoms with Crippen molar-refractivity contribution in [2.24, 2.45) is 5.73 Å². The Morgan fingerprint density at radius 2 is 1.95 bits per heavy atom. The molecule has 0 radical (unpaired) electrons. The Hall–Kier alpha value is -4.25. The molecule has 3 N–H and O–H groups in total. The summed E-state index contributed by atoms with van der Waals surface area (Å²) in [5.41, 5.74) is 14.3. The molecule has 0 aromatic heterocycles. The number of ketones is 1. The first kappa shape index (κ1) is 29.7. The van der Waals surface area contributed by atoms with E-state index in [4.69, 9.17) is 10.5 Å². The highest BCUT2D eigenvalue weighted by Gasteiger charge is 2.24. The number of halogens is 2. The maximum absolute atomic E-state index is 15.2. The van der Waals surface area contributed by atoms with Crippen LogP contribution in [0.25, 0.3) is 5.57 Å². The number of carbonyl (C=O) groups excluding carboxylic acids is 1. The lowest BCUT2D eigenvalue weighted by atomic mass is 9.87. The zero-order valence-corrected chi connectivity index (χ0v) is 23.6. The fourth-order valence-electron chi connectivity index (χ4n) is 4.96. The number of carbonyl (C=O) groups is 1. The summed E-state index contributed by atoms with van der Waals surface area (Å²) >= 11 is 0. The number of anilines is 1. The molecule has 4 nitrogen and oxygen atoms in total. The summed E-state index contributed by atoms with van der Waals surface area (Å²) in [6, 6.07) is 8.78. The predicted octanol–water partition coefficient (Wildman–Crippen LogP) is 8.15. The molecule has 2 aliphatic rings. The average molecular weight is 555 g/mol. The number of Topliss-reactive ketones (excluding diaryl/α,β-unsaturated/α-hetero) is 1. The van der Waals surface area contributed by atoms with Crippen LogP contribution < -0.4 is 15.8 Å². The van der Waals surface area contributed by atoms with Gasteiger partial charge in [0.25, 0.3) is 0 Å². The van der Waals surface area contributed by atoms with Crippen LogP contribution in [-0.2, 0) is 6.42 Å². The average Bonchev–Trinajstić information content (AvgIpc) is 3.09. The summed E-state index contributed by atoms with van der Waals surface area (Å²) < 4.78 is 34.8. The Morgan fingerprint density at radius 1 is 1.10 bits per heavy atom. The minimum atomic E-state index is -1.02. The van der Waals surface area contributed by atoms with Crippen molar-refractivity contribution >= 4 is 17.0 Å². The Morgan fingerprint density at radius 3 is 2.73 bits per heavy atom. The molecule has 2 aliphatic carbocycles. The highest BCUT2D eigenvalue weighted by Crippen LogP contribution is 2.38. The highest BCUT2D eigenvalue weighted by atomic mass is 19.2. The Bertz CT molecular complexity index is 1520. The van der Waals surface area contributed by atoms with Gasteiger partial charge in [-0.2, -0.15) is 4.39 Å².